The van der Waals surface area contributed by atoms with E-state index in [0.29, 0.717) is 11.4 Å². The number of ether oxygens (including phenoxy) is 1. The van der Waals surface area contributed by atoms with Crippen molar-refractivity contribution >= 4 is 39.1 Å². The van der Waals surface area contributed by atoms with Gasteiger partial charge in [-0.1, -0.05) is 60.7 Å². The van der Waals surface area contributed by atoms with Crippen molar-refractivity contribution in [2.75, 3.05) is 23.3 Å². The Bertz CT molecular complexity index is 1390. The van der Waals surface area contributed by atoms with Gasteiger partial charge in [0.2, 0.25) is 5.91 Å². The highest BCUT2D eigenvalue weighted by molar-refractivity contribution is 7.98. The van der Waals surface area contributed by atoms with Crippen molar-refractivity contribution in [3.63, 3.8) is 0 Å². The van der Waals surface area contributed by atoms with E-state index in [1.807, 2.05) is 42.5 Å². The summed E-state index contributed by atoms with van der Waals surface area (Å²) in [5.41, 5.74) is 1.99. The summed E-state index contributed by atoms with van der Waals surface area (Å²) < 4.78 is 33.5. The summed E-state index contributed by atoms with van der Waals surface area (Å²) >= 11 is 1.73. The molecule has 4 aromatic carbocycles. The van der Waals surface area contributed by atoms with E-state index in [2.05, 4.69) is 17.4 Å². The lowest BCUT2D eigenvalue weighted by atomic mass is 10.2. The number of amides is 1. The number of methoxy groups -OCH3 is 1. The number of nitrogens with one attached hydrogen (secondary N) is 1. The van der Waals surface area contributed by atoms with Crippen molar-refractivity contribution in [2.24, 2.45) is 0 Å². The molecule has 36 heavy (non-hydrogen) atoms. The van der Waals surface area contributed by atoms with Gasteiger partial charge in [0, 0.05) is 16.3 Å². The van der Waals surface area contributed by atoms with Gasteiger partial charge in [-0.05, 0) is 54.1 Å². The van der Waals surface area contributed by atoms with Gasteiger partial charge in [-0.15, -0.1) is 11.8 Å². The van der Waals surface area contributed by atoms with Gasteiger partial charge in [-0.25, -0.2) is 8.42 Å². The minimum absolute atomic E-state index is 0.0870. The Morgan fingerprint density at radius 2 is 1.44 bits per heavy atom. The predicted molar refractivity (Wildman–Crippen MR) is 145 cm³/mol. The number of nitrogens with zero attached hydrogens (tertiary/aromatic N) is 1. The molecule has 0 atom stereocenters. The van der Waals surface area contributed by atoms with E-state index < -0.39 is 22.5 Å². The Balaban J connectivity index is 1.50. The van der Waals surface area contributed by atoms with Crippen LogP contribution in [0.2, 0.25) is 0 Å². The number of benzene rings is 4. The largest absolute Gasteiger partial charge is 0.495 e. The number of thioether (sulfide) groups is 1. The topological polar surface area (TPSA) is 75.7 Å². The van der Waals surface area contributed by atoms with E-state index in [4.69, 9.17) is 4.74 Å². The van der Waals surface area contributed by atoms with Crippen LogP contribution in [-0.4, -0.2) is 28.0 Å². The molecule has 0 bridgehead atoms. The molecular weight excluding hydrogens is 492 g/mol. The van der Waals surface area contributed by atoms with Gasteiger partial charge in [0.25, 0.3) is 10.0 Å². The zero-order chi connectivity index (χ0) is 25.4. The lowest BCUT2D eigenvalue weighted by Crippen LogP contribution is -2.38. The molecule has 184 valence electrons. The Kier molecular flexibility index (Phi) is 8.30. The van der Waals surface area contributed by atoms with Crippen LogP contribution in [0, 0.1) is 0 Å². The van der Waals surface area contributed by atoms with Crippen molar-refractivity contribution in [1.29, 1.82) is 0 Å². The number of hydrogen-bond donors (Lipinski definition) is 1. The number of carbonyl (C=O) groups is 1. The van der Waals surface area contributed by atoms with E-state index in [0.717, 1.165) is 15.6 Å². The molecule has 4 aromatic rings. The van der Waals surface area contributed by atoms with Gasteiger partial charge in [0.05, 0.1) is 17.7 Å². The van der Waals surface area contributed by atoms with Crippen molar-refractivity contribution in [1.82, 2.24) is 0 Å². The second kappa shape index (κ2) is 11.8. The molecule has 1 N–H and O–H groups in total. The lowest BCUT2D eigenvalue weighted by molar-refractivity contribution is -0.114. The summed E-state index contributed by atoms with van der Waals surface area (Å²) in [5, 5.41) is 2.81. The highest BCUT2D eigenvalue weighted by Gasteiger charge is 2.29. The fourth-order valence-corrected chi connectivity index (χ4v) is 5.88. The molecule has 0 radical (unpaired) electrons. The number of hydrogen-bond acceptors (Lipinski definition) is 5. The maximum absolute atomic E-state index is 13.5. The van der Waals surface area contributed by atoms with Crippen molar-refractivity contribution in [3.8, 4) is 5.75 Å². The average molecular weight is 519 g/mol. The molecular formula is C28H26N2O4S2. The molecule has 0 saturated carbocycles. The molecule has 0 heterocycles. The number of rotatable bonds is 10. The SMILES string of the molecule is COc1ccccc1N(CC(=O)Nc1ccc(CSc2ccccc2)cc1)S(=O)(=O)c1ccccc1. The van der Waals surface area contributed by atoms with Crippen molar-refractivity contribution in [3.05, 3.63) is 115 Å². The third-order valence-electron chi connectivity index (χ3n) is 5.36. The van der Waals surface area contributed by atoms with Crippen LogP contribution in [0.3, 0.4) is 0 Å². The molecule has 0 aliphatic rings. The van der Waals surface area contributed by atoms with Gasteiger partial charge in [-0.3, -0.25) is 9.10 Å². The maximum Gasteiger partial charge on any atom is 0.264 e. The molecule has 6 nitrogen and oxygen atoms in total. The summed E-state index contributed by atoms with van der Waals surface area (Å²) in [4.78, 5) is 14.3. The first-order chi connectivity index (χ1) is 17.5. The van der Waals surface area contributed by atoms with Crippen molar-refractivity contribution < 1.29 is 17.9 Å². The summed E-state index contributed by atoms with van der Waals surface area (Å²) in [6.45, 7) is -0.413. The third kappa shape index (κ3) is 6.27. The molecule has 1 amide bonds. The normalized spacial score (nSPS) is 11.0. The Hall–Kier alpha value is -3.75. The molecule has 0 spiro atoms. The Morgan fingerprint density at radius 1 is 0.833 bits per heavy atom. The van der Waals surface area contributed by atoms with Crippen LogP contribution in [0.25, 0.3) is 0 Å². The minimum atomic E-state index is -4.02. The summed E-state index contributed by atoms with van der Waals surface area (Å²) in [5.74, 6) is 0.687. The first-order valence-electron chi connectivity index (χ1n) is 11.2. The molecule has 4 rings (SSSR count). The fourth-order valence-electron chi connectivity index (χ4n) is 3.55. The van der Waals surface area contributed by atoms with Gasteiger partial charge >= 0.3 is 0 Å². The Labute approximate surface area is 216 Å². The Morgan fingerprint density at radius 3 is 2.11 bits per heavy atom. The molecule has 0 fully saturated rings. The first kappa shape index (κ1) is 25.3. The highest BCUT2D eigenvalue weighted by Crippen LogP contribution is 2.32. The lowest BCUT2D eigenvalue weighted by Gasteiger charge is -2.25. The zero-order valence-electron chi connectivity index (χ0n) is 19.7. The van der Waals surface area contributed by atoms with E-state index >= 15 is 0 Å². The molecule has 0 unspecified atom stereocenters. The molecule has 0 aliphatic carbocycles. The van der Waals surface area contributed by atoms with Gasteiger partial charge < -0.3 is 10.1 Å². The van der Waals surface area contributed by atoms with Gasteiger partial charge in [-0.2, -0.15) is 0 Å². The van der Waals surface area contributed by atoms with Crippen molar-refractivity contribution in [2.45, 2.75) is 15.5 Å². The summed E-state index contributed by atoms with van der Waals surface area (Å²) in [6.07, 6.45) is 0. The molecule has 0 aliphatic heterocycles. The standard InChI is InChI=1S/C28H26N2O4S2/c1-34-27-15-9-8-14-26(27)30(36(32,33)25-12-6-3-7-13-25)20-28(31)29-23-18-16-22(17-19-23)21-35-24-10-4-2-5-11-24/h2-19H,20-21H2,1H3,(H,29,31). The number of para-hydroxylation sites is 2. The molecule has 8 heteroatoms. The fraction of sp³-hybridized carbons (Fsp3) is 0.107. The van der Waals surface area contributed by atoms with E-state index in [1.165, 1.54) is 24.1 Å². The maximum atomic E-state index is 13.5. The van der Waals surface area contributed by atoms with Gasteiger partial charge in [0.1, 0.15) is 12.3 Å². The van der Waals surface area contributed by atoms with Crippen LogP contribution in [-0.2, 0) is 20.6 Å². The molecule has 0 saturated heterocycles. The van der Waals surface area contributed by atoms with Crippen LogP contribution in [0.4, 0.5) is 11.4 Å². The number of carbonyl (C=O) groups excluding carboxylic acids is 1. The average Bonchev–Trinajstić information content (AvgIpc) is 2.92. The quantitative estimate of drug-likeness (QED) is 0.268. The van der Waals surface area contributed by atoms with Crippen LogP contribution < -0.4 is 14.4 Å². The summed E-state index contributed by atoms with van der Waals surface area (Å²) in [7, 11) is -2.56. The smallest absolute Gasteiger partial charge is 0.264 e. The second-order valence-corrected chi connectivity index (χ2v) is 10.8. The summed E-state index contributed by atoms with van der Waals surface area (Å²) in [6, 6.07) is 32.4. The predicted octanol–water partition coefficient (Wildman–Crippen LogP) is 5.82. The zero-order valence-corrected chi connectivity index (χ0v) is 21.3. The van der Waals surface area contributed by atoms with E-state index in [1.54, 1.807) is 54.2 Å². The monoisotopic (exact) mass is 518 g/mol. The van der Waals surface area contributed by atoms with E-state index in [-0.39, 0.29) is 10.6 Å². The van der Waals surface area contributed by atoms with Gasteiger partial charge in [0.15, 0.2) is 0 Å². The second-order valence-electron chi connectivity index (χ2n) is 7.84. The first-order valence-corrected chi connectivity index (χ1v) is 13.7. The van der Waals surface area contributed by atoms with E-state index in [9.17, 15) is 13.2 Å². The number of sulfonamides is 1. The highest BCUT2D eigenvalue weighted by atomic mass is 32.2. The third-order valence-corrected chi connectivity index (χ3v) is 8.22. The van der Waals surface area contributed by atoms with Crippen LogP contribution >= 0.6 is 11.8 Å². The molecule has 0 aromatic heterocycles. The van der Waals surface area contributed by atoms with Crippen LogP contribution in [0.1, 0.15) is 5.56 Å². The van der Waals surface area contributed by atoms with Crippen LogP contribution in [0.15, 0.2) is 119 Å². The van der Waals surface area contributed by atoms with Crippen LogP contribution in [0.5, 0.6) is 5.75 Å². The minimum Gasteiger partial charge on any atom is -0.495 e. The number of anilines is 2.